The first-order valence-corrected chi connectivity index (χ1v) is 5.47. The summed E-state index contributed by atoms with van der Waals surface area (Å²) in [7, 11) is 1.35. The summed E-state index contributed by atoms with van der Waals surface area (Å²) in [6.07, 6.45) is 0.286. The molecule has 0 fully saturated rings. The third-order valence-corrected chi connectivity index (χ3v) is 2.20. The highest BCUT2D eigenvalue weighted by atomic mass is 16.5. The van der Waals surface area contributed by atoms with E-state index < -0.39 is 0 Å². The lowest BCUT2D eigenvalue weighted by molar-refractivity contribution is -0.146. The van der Waals surface area contributed by atoms with E-state index in [9.17, 15) is 9.59 Å². The first kappa shape index (κ1) is 14.9. The van der Waals surface area contributed by atoms with Crippen molar-refractivity contribution >= 4 is 11.9 Å². The molecule has 0 saturated carbocycles. The van der Waals surface area contributed by atoms with E-state index in [2.05, 4.69) is 4.74 Å². The van der Waals surface area contributed by atoms with Crippen LogP contribution in [0.4, 0.5) is 0 Å². The molecule has 5 nitrogen and oxygen atoms in total. The van der Waals surface area contributed by atoms with Gasteiger partial charge in [-0.1, -0.05) is 0 Å². The average molecular weight is 231 g/mol. The molecule has 16 heavy (non-hydrogen) atoms. The molecule has 0 amide bonds. The van der Waals surface area contributed by atoms with Gasteiger partial charge in [0.1, 0.15) is 0 Å². The lowest BCUT2D eigenvalue weighted by atomic mass is 10.3. The minimum Gasteiger partial charge on any atom is -0.469 e. The Morgan fingerprint density at radius 2 is 1.88 bits per heavy atom. The molecule has 0 aromatic rings. The summed E-state index contributed by atoms with van der Waals surface area (Å²) >= 11 is 0. The van der Waals surface area contributed by atoms with Crippen molar-refractivity contribution in [3.63, 3.8) is 0 Å². The summed E-state index contributed by atoms with van der Waals surface area (Å²) < 4.78 is 9.41. The van der Waals surface area contributed by atoms with Crippen molar-refractivity contribution in [1.82, 2.24) is 4.90 Å². The zero-order valence-electron chi connectivity index (χ0n) is 10.5. The second kappa shape index (κ2) is 8.10. The summed E-state index contributed by atoms with van der Waals surface area (Å²) in [5.41, 5.74) is 0. The maximum Gasteiger partial charge on any atom is 0.320 e. The van der Waals surface area contributed by atoms with Gasteiger partial charge in [-0.3, -0.25) is 14.5 Å². The molecule has 0 bridgehead atoms. The Morgan fingerprint density at radius 3 is 2.31 bits per heavy atom. The van der Waals surface area contributed by atoms with Crippen LogP contribution in [0.2, 0.25) is 0 Å². The fourth-order valence-electron chi connectivity index (χ4n) is 1.23. The Hall–Kier alpha value is -1.10. The standard InChI is InChI=1S/C11H21NO4/c1-5-16-11(14)8-12(9(2)3)7-6-10(13)15-4/h9H,5-8H2,1-4H3. The topological polar surface area (TPSA) is 55.8 Å². The quantitative estimate of drug-likeness (QED) is 0.607. The minimum absolute atomic E-state index is 0.189. The second-order valence-electron chi connectivity index (χ2n) is 3.70. The van der Waals surface area contributed by atoms with Gasteiger partial charge in [-0.2, -0.15) is 0 Å². The van der Waals surface area contributed by atoms with Crippen molar-refractivity contribution < 1.29 is 19.1 Å². The largest absolute Gasteiger partial charge is 0.469 e. The van der Waals surface area contributed by atoms with Gasteiger partial charge in [0, 0.05) is 12.6 Å². The van der Waals surface area contributed by atoms with Crippen LogP contribution in [0.15, 0.2) is 0 Å². The molecule has 0 unspecified atom stereocenters. The Morgan fingerprint density at radius 1 is 1.25 bits per heavy atom. The van der Waals surface area contributed by atoms with Gasteiger partial charge in [0.25, 0.3) is 0 Å². The second-order valence-corrected chi connectivity index (χ2v) is 3.70. The smallest absolute Gasteiger partial charge is 0.320 e. The van der Waals surface area contributed by atoms with Crippen molar-refractivity contribution in [1.29, 1.82) is 0 Å². The predicted octanol–water partition coefficient (Wildman–Crippen LogP) is 0.823. The predicted molar refractivity (Wildman–Crippen MR) is 60.0 cm³/mol. The van der Waals surface area contributed by atoms with E-state index in [0.717, 1.165) is 0 Å². The molecule has 0 spiro atoms. The highest BCUT2D eigenvalue weighted by Gasteiger charge is 2.16. The highest BCUT2D eigenvalue weighted by Crippen LogP contribution is 2.01. The van der Waals surface area contributed by atoms with Crippen molar-refractivity contribution in [3.05, 3.63) is 0 Å². The summed E-state index contributed by atoms with van der Waals surface area (Å²) in [5.74, 6) is -0.532. The molecule has 0 rings (SSSR count). The van der Waals surface area contributed by atoms with E-state index in [4.69, 9.17) is 4.74 Å². The summed E-state index contributed by atoms with van der Waals surface area (Å²) in [6.45, 7) is 6.80. The van der Waals surface area contributed by atoms with E-state index in [1.54, 1.807) is 6.92 Å². The molecular weight excluding hydrogens is 210 g/mol. The monoisotopic (exact) mass is 231 g/mol. The normalized spacial score (nSPS) is 10.6. The van der Waals surface area contributed by atoms with Gasteiger partial charge in [0.2, 0.25) is 0 Å². The summed E-state index contributed by atoms with van der Waals surface area (Å²) in [4.78, 5) is 24.2. The number of nitrogens with zero attached hydrogens (tertiary/aromatic N) is 1. The SMILES string of the molecule is CCOC(=O)CN(CCC(=O)OC)C(C)C. The van der Waals surface area contributed by atoms with Crippen molar-refractivity contribution in [2.45, 2.75) is 33.2 Å². The Kier molecular flexibility index (Phi) is 7.54. The average Bonchev–Trinajstić information content (AvgIpc) is 2.23. The number of hydrogen-bond acceptors (Lipinski definition) is 5. The molecule has 0 aliphatic heterocycles. The van der Waals surface area contributed by atoms with Gasteiger partial charge < -0.3 is 9.47 Å². The Bertz CT molecular complexity index is 228. The van der Waals surface area contributed by atoms with E-state index >= 15 is 0 Å². The Balaban J connectivity index is 4.07. The number of carbonyl (C=O) groups excluding carboxylic acids is 2. The van der Waals surface area contributed by atoms with E-state index in [0.29, 0.717) is 13.2 Å². The van der Waals surface area contributed by atoms with Crippen LogP contribution < -0.4 is 0 Å². The first-order valence-electron chi connectivity index (χ1n) is 5.47. The van der Waals surface area contributed by atoms with Gasteiger partial charge >= 0.3 is 11.9 Å². The van der Waals surface area contributed by atoms with Gasteiger partial charge in [-0.05, 0) is 20.8 Å². The van der Waals surface area contributed by atoms with Gasteiger partial charge in [-0.15, -0.1) is 0 Å². The summed E-state index contributed by atoms with van der Waals surface area (Å²) in [5, 5.41) is 0. The van der Waals surface area contributed by atoms with Gasteiger partial charge in [-0.25, -0.2) is 0 Å². The maximum atomic E-state index is 11.3. The zero-order valence-corrected chi connectivity index (χ0v) is 10.5. The van der Waals surface area contributed by atoms with Crippen LogP contribution in [0.25, 0.3) is 0 Å². The summed E-state index contributed by atoms with van der Waals surface area (Å²) in [6, 6.07) is 0.189. The molecule has 0 saturated heterocycles. The molecule has 0 aromatic heterocycles. The Labute approximate surface area is 96.7 Å². The molecule has 0 aliphatic carbocycles. The van der Waals surface area contributed by atoms with Gasteiger partial charge in [0.05, 0.1) is 26.7 Å². The number of carbonyl (C=O) groups is 2. The molecule has 0 heterocycles. The molecule has 0 radical (unpaired) electrons. The van der Waals surface area contributed by atoms with Crippen LogP contribution in [0.1, 0.15) is 27.2 Å². The van der Waals surface area contributed by atoms with E-state index in [1.165, 1.54) is 7.11 Å². The molecule has 5 heteroatoms. The van der Waals surface area contributed by atoms with E-state index in [-0.39, 0.29) is 30.9 Å². The fraction of sp³-hybridized carbons (Fsp3) is 0.818. The number of esters is 2. The lowest BCUT2D eigenvalue weighted by Gasteiger charge is -2.24. The van der Waals surface area contributed by atoms with Crippen LogP contribution in [0, 0.1) is 0 Å². The number of ether oxygens (including phenoxy) is 2. The van der Waals surface area contributed by atoms with Crippen LogP contribution in [-0.2, 0) is 19.1 Å². The minimum atomic E-state index is -0.269. The van der Waals surface area contributed by atoms with E-state index in [1.807, 2.05) is 18.7 Å². The third kappa shape index (κ3) is 6.40. The molecular formula is C11H21NO4. The zero-order chi connectivity index (χ0) is 12.6. The van der Waals surface area contributed by atoms with Crippen molar-refractivity contribution in [3.8, 4) is 0 Å². The fourth-order valence-corrected chi connectivity index (χ4v) is 1.23. The highest BCUT2D eigenvalue weighted by molar-refractivity contribution is 5.72. The van der Waals surface area contributed by atoms with Crippen molar-refractivity contribution in [2.75, 3.05) is 26.8 Å². The van der Waals surface area contributed by atoms with Crippen LogP contribution >= 0.6 is 0 Å². The molecule has 0 atom stereocenters. The molecule has 0 aromatic carbocycles. The third-order valence-electron chi connectivity index (χ3n) is 2.20. The number of rotatable bonds is 7. The molecule has 0 aliphatic rings. The maximum absolute atomic E-state index is 11.3. The molecule has 0 N–H and O–H groups in total. The number of methoxy groups -OCH3 is 1. The van der Waals surface area contributed by atoms with Crippen LogP contribution in [0.3, 0.4) is 0 Å². The first-order chi connectivity index (χ1) is 7.51. The lowest BCUT2D eigenvalue weighted by Crippen LogP contribution is -2.38. The molecule has 94 valence electrons. The van der Waals surface area contributed by atoms with Gasteiger partial charge in [0.15, 0.2) is 0 Å². The number of hydrogen-bond donors (Lipinski definition) is 0. The van der Waals surface area contributed by atoms with Crippen molar-refractivity contribution in [2.24, 2.45) is 0 Å². The van der Waals surface area contributed by atoms with Crippen LogP contribution in [-0.4, -0.2) is 49.7 Å². The van der Waals surface area contributed by atoms with Crippen LogP contribution in [0.5, 0.6) is 0 Å².